The van der Waals surface area contributed by atoms with Gasteiger partial charge < -0.3 is 0 Å². The highest BCUT2D eigenvalue weighted by atomic mass is 15.6. The van der Waals surface area contributed by atoms with Gasteiger partial charge in [0.25, 0.3) is 0 Å². The van der Waals surface area contributed by atoms with E-state index in [4.69, 9.17) is 0 Å². The van der Waals surface area contributed by atoms with Crippen molar-refractivity contribution < 1.29 is 0 Å². The Hall–Kier alpha value is -1.64. The van der Waals surface area contributed by atoms with E-state index in [1.807, 2.05) is 0 Å². The van der Waals surface area contributed by atoms with Crippen LogP contribution in [0.25, 0.3) is 0 Å². The number of benzene rings is 2. The topological polar surface area (TPSA) is 6.48 Å². The lowest BCUT2D eigenvalue weighted by molar-refractivity contribution is -0.0438. The minimum absolute atomic E-state index is 1.02. The monoisotopic (exact) mass is 619 g/mol. The highest BCUT2D eigenvalue weighted by molar-refractivity contribution is 5.15. The molecular weight excluding hydrogens is 544 g/mol. The fourth-order valence-electron chi connectivity index (χ4n) is 6.68. The van der Waals surface area contributed by atoms with Gasteiger partial charge in [-0.3, -0.25) is 0 Å². The van der Waals surface area contributed by atoms with Gasteiger partial charge in [-0.25, -0.2) is 10.0 Å². The summed E-state index contributed by atoms with van der Waals surface area (Å²) in [5.41, 5.74) is 2.86. The van der Waals surface area contributed by atoms with Crippen LogP contribution in [0.3, 0.4) is 0 Å². The fraction of sp³-hybridized carbons (Fsp3) is 0.721. The third-order valence-electron chi connectivity index (χ3n) is 9.61. The summed E-state index contributed by atoms with van der Waals surface area (Å²) < 4.78 is 0. The zero-order valence-electron chi connectivity index (χ0n) is 30.2. The smallest absolute Gasteiger partial charge is 0.0384 e. The van der Waals surface area contributed by atoms with Gasteiger partial charge in [0.15, 0.2) is 0 Å². The second kappa shape index (κ2) is 29.7. The maximum absolute atomic E-state index is 2.69. The molecule has 0 unspecified atom stereocenters. The summed E-state index contributed by atoms with van der Waals surface area (Å²) in [5.74, 6) is 0. The summed E-state index contributed by atoms with van der Waals surface area (Å²) in [5, 5.41) is 5.39. The van der Waals surface area contributed by atoms with Gasteiger partial charge in [-0.05, 0) is 24.0 Å². The normalized spacial score (nSPS) is 11.6. The van der Waals surface area contributed by atoms with Gasteiger partial charge in [0.1, 0.15) is 0 Å². The molecule has 0 saturated heterocycles. The molecule has 2 heteroatoms. The van der Waals surface area contributed by atoms with Crippen molar-refractivity contribution in [3.63, 3.8) is 0 Å². The molecule has 2 aromatic rings. The van der Waals surface area contributed by atoms with Crippen molar-refractivity contribution in [1.29, 1.82) is 0 Å². The van der Waals surface area contributed by atoms with E-state index in [0.29, 0.717) is 0 Å². The zero-order chi connectivity index (χ0) is 31.9. The van der Waals surface area contributed by atoms with Crippen LogP contribution in [-0.4, -0.2) is 23.1 Å². The van der Waals surface area contributed by atoms with Crippen molar-refractivity contribution in [1.82, 2.24) is 10.0 Å². The van der Waals surface area contributed by atoms with Crippen molar-refractivity contribution in [3.8, 4) is 0 Å². The molecular formula is C43H74N2. The lowest BCUT2D eigenvalue weighted by Crippen LogP contribution is -2.43. The largest absolute Gasteiger partial charge is 0.237 e. The van der Waals surface area contributed by atoms with Gasteiger partial charge in [-0.2, -0.15) is 0 Å². The Labute approximate surface area is 281 Å². The van der Waals surface area contributed by atoms with Crippen LogP contribution >= 0.6 is 0 Å². The Balaban J connectivity index is 1.75. The van der Waals surface area contributed by atoms with Gasteiger partial charge >= 0.3 is 0 Å². The summed E-state index contributed by atoms with van der Waals surface area (Å²) in [4.78, 5) is 0. The van der Waals surface area contributed by atoms with Crippen LogP contribution in [0.5, 0.6) is 0 Å². The first-order valence-electron chi connectivity index (χ1n) is 19.9. The van der Waals surface area contributed by atoms with Crippen LogP contribution < -0.4 is 0 Å². The molecule has 0 radical (unpaired) electrons. The Bertz CT molecular complexity index is 851. The molecule has 0 bridgehead atoms. The van der Waals surface area contributed by atoms with E-state index in [9.17, 15) is 0 Å². The van der Waals surface area contributed by atoms with E-state index in [2.05, 4.69) is 84.5 Å². The van der Waals surface area contributed by atoms with E-state index >= 15 is 0 Å². The number of hydrogen-bond acceptors (Lipinski definition) is 2. The van der Waals surface area contributed by atoms with E-state index in [-0.39, 0.29) is 0 Å². The van der Waals surface area contributed by atoms with E-state index in [0.717, 1.165) is 26.2 Å². The van der Waals surface area contributed by atoms with Crippen molar-refractivity contribution in [2.75, 3.05) is 13.1 Å². The van der Waals surface area contributed by atoms with E-state index in [1.165, 1.54) is 172 Å². The predicted octanol–water partition coefficient (Wildman–Crippen LogP) is 13.7. The Morgan fingerprint density at radius 1 is 0.311 bits per heavy atom. The lowest BCUT2D eigenvalue weighted by atomic mass is 10.0. The molecule has 0 fully saturated rings. The van der Waals surface area contributed by atoms with Crippen LogP contribution in [0.15, 0.2) is 60.7 Å². The summed E-state index contributed by atoms with van der Waals surface area (Å²) in [6.45, 7) is 8.98. The standard InChI is InChI=1S/C43H74N2/c1-3-5-7-9-11-13-15-17-19-21-23-25-33-39-45(41-43-36-30-27-31-37-43)44(40-42-34-28-26-29-35-42)38-32-24-22-20-18-16-14-12-10-8-6-4-2/h26-31,34-37H,3-25,32-33,38-41H2,1-2H3. The average Bonchev–Trinajstić information content (AvgIpc) is 3.07. The lowest BCUT2D eigenvalue weighted by Gasteiger charge is -2.36. The molecule has 2 aromatic carbocycles. The third-order valence-corrected chi connectivity index (χ3v) is 9.61. The average molecular weight is 619 g/mol. The first-order valence-corrected chi connectivity index (χ1v) is 19.9. The summed E-state index contributed by atoms with van der Waals surface area (Å²) in [7, 11) is 0. The van der Waals surface area contributed by atoms with E-state index < -0.39 is 0 Å². The van der Waals surface area contributed by atoms with Gasteiger partial charge in [0, 0.05) is 26.2 Å². The minimum atomic E-state index is 1.02. The second-order valence-electron chi connectivity index (χ2n) is 13.9. The number of unbranched alkanes of at least 4 members (excludes halogenated alkanes) is 23. The maximum Gasteiger partial charge on any atom is 0.0384 e. The summed E-state index contributed by atoms with van der Waals surface area (Å²) in [6.07, 6.45) is 35.3. The molecule has 0 spiro atoms. The SMILES string of the molecule is CCCCCCCCCCCCCCCN(Cc1ccccc1)N(CCCCCCCCCCCCCC)Cc1ccccc1. The van der Waals surface area contributed by atoms with Gasteiger partial charge in [0.2, 0.25) is 0 Å². The Morgan fingerprint density at radius 3 is 0.822 bits per heavy atom. The predicted molar refractivity (Wildman–Crippen MR) is 200 cm³/mol. The highest BCUT2D eigenvalue weighted by Crippen LogP contribution is 2.18. The van der Waals surface area contributed by atoms with Gasteiger partial charge in [-0.1, -0.05) is 222 Å². The van der Waals surface area contributed by atoms with Crippen molar-refractivity contribution >= 4 is 0 Å². The number of rotatable bonds is 32. The molecule has 0 heterocycles. The van der Waals surface area contributed by atoms with Crippen LogP contribution in [0.4, 0.5) is 0 Å². The Kier molecular flexibility index (Phi) is 26.1. The molecule has 0 aliphatic heterocycles. The Morgan fingerprint density at radius 2 is 0.556 bits per heavy atom. The third kappa shape index (κ3) is 22.5. The minimum Gasteiger partial charge on any atom is -0.237 e. The van der Waals surface area contributed by atoms with E-state index in [1.54, 1.807) is 0 Å². The molecule has 2 rings (SSSR count). The quantitative estimate of drug-likeness (QED) is 0.0594. The molecule has 2 nitrogen and oxygen atoms in total. The summed E-state index contributed by atoms with van der Waals surface area (Å²) in [6, 6.07) is 22.3. The van der Waals surface area contributed by atoms with Gasteiger partial charge in [-0.15, -0.1) is 0 Å². The number of nitrogens with zero attached hydrogens (tertiary/aromatic N) is 2. The molecule has 0 N–H and O–H groups in total. The number of hydrogen-bond donors (Lipinski definition) is 0. The molecule has 0 atom stereocenters. The summed E-state index contributed by atoms with van der Waals surface area (Å²) >= 11 is 0. The molecule has 256 valence electrons. The molecule has 0 saturated carbocycles. The highest BCUT2D eigenvalue weighted by Gasteiger charge is 2.16. The number of hydrazine groups is 1. The van der Waals surface area contributed by atoms with Crippen LogP contribution in [-0.2, 0) is 13.1 Å². The fourth-order valence-corrected chi connectivity index (χ4v) is 6.68. The van der Waals surface area contributed by atoms with Crippen LogP contribution in [0.2, 0.25) is 0 Å². The first kappa shape index (κ1) is 39.5. The van der Waals surface area contributed by atoms with Crippen LogP contribution in [0.1, 0.15) is 185 Å². The van der Waals surface area contributed by atoms with Crippen molar-refractivity contribution in [2.45, 2.75) is 187 Å². The zero-order valence-corrected chi connectivity index (χ0v) is 30.2. The first-order chi connectivity index (χ1) is 22.3. The molecule has 0 amide bonds. The molecule has 45 heavy (non-hydrogen) atoms. The van der Waals surface area contributed by atoms with Gasteiger partial charge in [0.05, 0.1) is 0 Å². The molecule has 0 aromatic heterocycles. The van der Waals surface area contributed by atoms with Crippen molar-refractivity contribution in [2.24, 2.45) is 0 Å². The second-order valence-corrected chi connectivity index (χ2v) is 13.9. The molecule has 0 aliphatic carbocycles. The van der Waals surface area contributed by atoms with Crippen molar-refractivity contribution in [3.05, 3.63) is 71.8 Å². The maximum atomic E-state index is 2.69. The molecule has 0 aliphatic rings. The van der Waals surface area contributed by atoms with Crippen LogP contribution in [0, 0.1) is 0 Å².